The summed E-state index contributed by atoms with van der Waals surface area (Å²) in [7, 11) is 0. The first-order chi connectivity index (χ1) is 9.72. The maximum atomic E-state index is 5.92. The summed E-state index contributed by atoms with van der Waals surface area (Å²) in [5.74, 6) is 1.18. The highest BCUT2D eigenvalue weighted by Gasteiger charge is 2.15. The Hall–Kier alpha value is -2.14. The first-order valence-corrected chi connectivity index (χ1v) is 6.77. The van der Waals surface area contributed by atoms with E-state index in [0.29, 0.717) is 25.0 Å². The molecule has 1 aliphatic heterocycles. The number of hydrogen-bond acceptors (Lipinski definition) is 5. The maximum Gasteiger partial charge on any atom is 0.228 e. The number of anilines is 2. The number of rotatable bonds is 2. The number of nitrogens with two attached hydrogens (primary N) is 1. The van der Waals surface area contributed by atoms with E-state index in [1.54, 1.807) is 0 Å². The highest BCUT2D eigenvalue weighted by atomic mass is 16.5. The molecule has 20 heavy (non-hydrogen) atoms. The molecule has 0 unspecified atom stereocenters. The van der Waals surface area contributed by atoms with Crippen molar-refractivity contribution in [3.8, 4) is 11.3 Å². The lowest BCUT2D eigenvalue weighted by atomic mass is 10.1. The summed E-state index contributed by atoms with van der Waals surface area (Å²) in [6.07, 6.45) is 0. The normalized spacial score (nSPS) is 15.3. The van der Waals surface area contributed by atoms with Crippen molar-refractivity contribution < 1.29 is 4.74 Å². The summed E-state index contributed by atoms with van der Waals surface area (Å²) < 4.78 is 5.35. The van der Waals surface area contributed by atoms with Crippen molar-refractivity contribution in [2.24, 2.45) is 0 Å². The van der Waals surface area contributed by atoms with E-state index in [9.17, 15) is 0 Å². The van der Waals surface area contributed by atoms with E-state index in [0.717, 1.165) is 24.3 Å². The average molecular weight is 270 g/mol. The van der Waals surface area contributed by atoms with Crippen LogP contribution in [0, 0.1) is 6.92 Å². The van der Waals surface area contributed by atoms with Crippen molar-refractivity contribution in [3.63, 3.8) is 0 Å². The molecule has 0 bridgehead atoms. The van der Waals surface area contributed by atoms with Gasteiger partial charge in [-0.3, -0.25) is 0 Å². The number of aryl methyl sites for hydroxylation is 1. The molecule has 1 aromatic heterocycles. The van der Waals surface area contributed by atoms with E-state index < -0.39 is 0 Å². The van der Waals surface area contributed by atoms with E-state index >= 15 is 0 Å². The van der Waals surface area contributed by atoms with Crippen molar-refractivity contribution in [3.05, 3.63) is 35.9 Å². The molecule has 3 rings (SSSR count). The zero-order chi connectivity index (χ0) is 13.9. The number of nitrogens with zero attached hydrogens (tertiary/aromatic N) is 3. The monoisotopic (exact) mass is 270 g/mol. The van der Waals surface area contributed by atoms with Gasteiger partial charge in [0.2, 0.25) is 5.95 Å². The lowest BCUT2D eigenvalue weighted by Gasteiger charge is -2.27. The lowest BCUT2D eigenvalue weighted by molar-refractivity contribution is 0.122. The second-order valence-electron chi connectivity index (χ2n) is 4.94. The second kappa shape index (κ2) is 5.46. The predicted molar refractivity (Wildman–Crippen MR) is 79.6 cm³/mol. The van der Waals surface area contributed by atoms with Crippen LogP contribution in [0.5, 0.6) is 0 Å². The van der Waals surface area contributed by atoms with Crippen molar-refractivity contribution in [2.75, 3.05) is 36.9 Å². The molecular weight excluding hydrogens is 252 g/mol. The van der Waals surface area contributed by atoms with Gasteiger partial charge in [-0.2, -0.15) is 4.98 Å². The molecule has 1 aromatic carbocycles. The van der Waals surface area contributed by atoms with Crippen molar-refractivity contribution in [2.45, 2.75) is 6.92 Å². The minimum atomic E-state index is 0.497. The molecule has 2 heterocycles. The van der Waals surface area contributed by atoms with Crippen LogP contribution >= 0.6 is 0 Å². The molecule has 5 nitrogen and oxygen atoms in total. The number of hydrogen-bond donors (Lipinski definition) is 1. The van der Waals surface area contributed by atoms with Crippen molar-refractivity contribution >= 4 is 11.8 Å². The average Bonchev–Trinajstić information content (AvgIpc) is 2.48. The van der Waals surface area contributed by atoms with Gasteiger partial charge in [0.25, 0.3) is 0 Å². The van der Waals surface area contributed by atoms with Gasteiger partial charge in [-0.25, -0.2) is 4.98 Å². The summed E-state index contributed by atoms with van der Waals surface area (Å²) in [6, 6.07) is 10.1. The minimum Gasteiger partial charge on any atom is -0.384 e. The Morgan fingerprint density at radius 3 is 2.50 bits per heavy atom. The van der Waals surface area contributed by atoms with E-state index in [-0.39, 0.29) is 0 Å². The van der Waals surface area contributed by atoms with E-state index in [1.807, 2.05) is 6.07 Å². The van der Waals surface area contributed by atoms with Crippen LogP contribution in [0.3, 0.4) is 0 Å². The zero-order valence-electron chi connectivity index (χ0n) is 11.5. The third kappa shape index (κ3) is 2.72. The van der Waals surface area contributed by atoms with Gasteiger partial charge in [0.15, 0.2) is 0 Å². The fourth-order valence-corrected chi connectivity index (χ4v) is 2.23. The molecule has 0 radical (unpaired) electrons. The molecule has 0 saturated carbocycles. The van der Waals surface area contributed by atoms with Crippen LogP contribution in [0.2, 0.25) is 0 Å². The topological polar surface area (TPSA) is 64.3 Å². The smallest absolute Gasteiger partial charge is 0.228 e. The molecule has 5 heteroatoms. The highest BCUT2D eigenvalue weighted by molar-refractivity contribution is 5.64. The molecule has 1 saturated heterocycles. The predicted octanol–water partition coefficient (Wildman–Crippen LogP) is 1.87. The minimum absolute atomic E-state index is 0.497. The molecule has 0 atom stereocenters. The van der Waals surface area contributed by atoms with Crippen LogP contribution < -0.4 is 10.6 Å². The Bertz CT molecular complexity index is 591. The van der Waals surface area contributed by atoms with Crippen LogP contribution in [-0.2, 0) is 4.74 Å². The van der Waals surface area contributed by atoms with Gasteiger partial charge in [-0.1, -0.05) is 29.8 Å². The summed E-state index contributed by atoms with van der Waals surface area (Å²) in [5, 5.41) is 0. The molecule has 0 amide bonds. The maximum absolute atomic E-state index is 5.92. The van der Waals surface area contributed by atoms with Crippen LogP contribution in [0.1, 0.15) is 5.56 Å². The van der Waals surface area contributed by atoms with Gasteiger partial charge in [0.1, 0.15) is 5.82 Å². The van der Waals surface area contributed by atoms with Crippen molar-refractivity contribution in [1.29, 1.82) is 0 Å². The Balaban J connectivity index is 1.95. The lowest BCUT2D eigenvalue weighted by Crippen LogP contribution is -2.37. The SMILES string of the molecule is Cc1ccc(-c2cc(N)nc(N3CCOCC3)n2)cc1. The first-order valence-electron chi connectivity index (χ1n) is 6.77. The number of benzene rings is 1. The standard InChI is InChI=1S/C15H18N4O/c1-11-2-4-12(5-3-11)13-10-14(16)18-15(17-13)19-6-8-20-9-7-19/h2-5,10H,6-9H2,1H3,(H2,16,17,18). The van der Waals surface area contributed by atoms with E-state index in [1.165, 1.54) is 5.56 Å². The van der Waals surface area contributed by atoms with Gasteiger partial charge in [0, 0.05) is 24.7 Å². The van der Waals surface area contributed by atoms with Gasteiger partial charge in [0.05, 0.1) is 18.9 Å². The number of aromatic nitrogens is 2. The quantitative estimate of drug-likeness (QED) is 0.902. The van der Waals surface area contributed by atoms with Gasteiger partial charge >= 0.3 is 0 Å². The highest BCUT2D eigenvalue weighted by Crippen LogP contribution is 2.22. The van der Waals surface area contributed by atoms with Gasteiger partial charge < -0.3 is 15.4 Å². The van der Waals surface area contributed by atoms with Crippen molar-refractivity contribution in [1.82, 2.24) is 9.97 Å². The largest absolute Gasteiger partial charge is 0.384 e. The van der Waals surface area contributed by atoms with E-state index in [4.69, 9.17) is 10.5 Å². The Labute approximate surface area is 118 Å². The molecule has 0 aliphatic carbocycles. The molecule has 0 spiro atoms. The molecule has 1 aliphatic rings. The number of morpholine rings is 1. The first kappa shape index (κ1) is 12.9. The number of nitrogen functional groups attached to an aromatic ring is 1. The van der Waals surface area contributed by atoms with Gasteiger partial charge in [-0.05, 0) is 6.92 Å². The third-order valence-electron chi connectivity index (χ3n) is 3.38. The third-order valence-corrected chi connectivity index (χ3v) is 3.38. The second-order valence-corrected chi connectivity index (χ2v) is 4.94. The molecule has 2 aromatic rings. The Morgan fingerprint density at radius 2 is 1.80 bits per heavy atom. The fraction of sp³-hybridized carbons (Fsp3) is 0.333. The Morgan fingerprint density at radius 1 is 1.10 bits per heavy atom. The van der Waals surface area contributed by atoms with Crippen LogP contribution in [0.15, 0.2) is 30.3 Å². The fourth-order valence-electron chi connectivity index (χ4n) is 2.23. The summed E-state index contributed by atoms with van der Waals surface area (Å²) in [5.41, 5.74) is 9.07. The van der Waals surface area contributed by atoms with Crippen LogP contribution in [-0.4, -0.2) is 36.3 Å². The Kier molecular flexibility index (Phi) is 3.52. The zero-order valence-corrected chi connectivity index (χ0v) is 11.5. The molecule has 2 N–H and O–H groups in total. The van der Waals surface area contributed by atoms with Gasteiger partial charge in [-0.15, -0.1) is 0 Å². The number of ether oxygens (including phenoxy) is 1. The van der Waals surface area contributed by atoms with E-state index in [2.05, 4.69) is 46.1 Å². The summed E-state index contributed by atoms with van der Waals surface area (Å²) in [4.78, 5) is 11.1. The van der Waals surface area contributed by atoms with Crippen LogP contribution in [0.25, 0.3) is 11.3 Å². The molecule has 104 valence electrons. The summed E-state index contributed by atoms with van der Waals surface area (Å²) in [6.45, 7) is 5.08. The molecule has 1 fully saturated rings. The van der Waals surface area contributed by atoms with Crippen LogP contribution in [0.4, 0.5) is 11.8 Å². The molecular formula is C15H18N4O. The summed E-state index contributed by atoms with van der Waals surface area (Å²) >= 11 is 0.